The Balaban J connectivity index is 1.89. The molecular weight excluding hydrogens is 384 g/mol. The van der Waals surface area contributed by atoms with E-state index in [1.807, 2.05) is 70.5 Å². The van der Waals surface area contributed by atoms with Crippen LogP contribution in [0.5, 0.6) is 0 Å². The van der Waals surface area contributed by atoms with Crippen LogP contribution in [0, 0.1) is 0 Å². The predicted octanol–water partition coefficient (Wildman–Crippen LogP) is 3.03. The second-order valence-corrected chi connectivity index (χ2v) is 11.0. The highest BCUT2D eigenvalue weighted by Gasteiger charge is 2.08. The lowest BCUT2D eigenvalue weighted by Gasteiger charge is -2.11. The highest BCUT2D eigenvalue weighted by Crippen LogP contribution is 2.32. The van der Waals surface area contributed by atoms with Gasteiger partial charge < -0.3 is 14.4 Å². The molecule has 0 unspecified atom stereocenters. The molecule has 6 heteroatoms. The van der Waals surface area contributed by atoms with E-state index in [-0.39, 0.29) is 0 Å². The maximum atomic E-state index is 9.77. The Morgan fingerprint density at radius 3 is 0.815 bits per heavy atom. The molecule has 0 aliphatic heterocycles. The number of hydrogen-bond donors (Lipinski definition) is 3. The van der Waals surface area contributed by atoms with Crippen LogP contribution in [-0.4, -0.2) is 40.3 Å². The fraction of sp³-hybridized carbons (Fsp3) is 0. The van der Waals surface area contributed by atoms with E-state index < -0.39 is 25.9 Å². The monoisotopic (exact) mass is 402 g/mol. The standard InChI is InChI=1S/C21H18O3Si3/c22-25-7-1-16(2-8-25)19-13-20(17-3-9-26(23)10-4-17)15-21(14-19)18-5-11-27(24)12-6-18/h1-15,22-24H. The summed E-state index contributed by atoms with van der Waals surface area (Å²) >= 11 is 0. The van der Waals surface area contributed by atoms with Gasteiger partial charge in [-0.25, -0.2) is 0 Å². The fourth-order valence-electron chi connectivity index (χ4n) is 3.09. The summed E-state index contributed by atoms with van der Waals surface area (Å²) < 4.78 is 0. The van der Waals surface area contributed by atoms with E-state index in [0.29, 0.717) is 0 Å². The second kappa shape index (κ2) is 7.51. The van der Waals surface area contributed by atoms with Gasteiger partial charge in [0.2, 0.25) is 0 Å². The van der Waals surface area contributed by atoms with Crippen molar-refractivity contribution < 1.29 is 14.4 Å². The zero-order valence-electron chi connectivity index (χ0n) is 14.5. The van der Waals surface area contributed by atoms with Crippen molar-refractivity contribution in [3.05, 3.63) is 88.7 Å². The van der Waals surface area contributed by atoms with Crippen LogP contribution in [0.2, 0.25) is 0 Å². The van der Waals surface area contributed by atoms with Crippen LogP contribution in [0.3, 0.4) is 0 Å². The molecule has 3 aromatic heterocycles. The van der Waals surface area contributed by atoms with Crippen molar-refractivity contribution in [3.8, 4) is 33.4 Å². The first-order valence-corrected chi connectivity index (χ1v) is 13.4. The smallest absolute Gasteiger partial charge is 0.258 e. The molecule has 0 fully saturated rings. The minimum Gasteiger partial charge on any atom is -0.563 e. The Hall–Kier alpha value is -2.68. The fourth-order valence-corrected chi connectivity index (χ4v) is 5.52. The first kappa shape index (κ1) is 17.7. The van der Waals surface area contributed by atoms with E-state index in [1.54, 1.807) is 0 Å². The minimum atomic E-state index is -1.49. The molecule has 0 bridgehead atoms. The molecule has 0 aliphatic carbocycles. The quantitative estimate of drug-likeness (QED) is 0.462. The average Bonchev–Trinajstić information content (AvgIpc) is 2.69. The van der Waals surface area contributed by atoms with Crippen molar-refractivity contribution in [1.29, 1.82) is 0 Å². The summed E-state index contributed by atoms with van der Waals surface area (Å²) in [5.41, 5.74) is 17.6. The number of rotatable bonds is 3. The highest BCUT2D eigenvalue weighted by molar-refractivity contribution is 6.42. The summed E-state index contributed by atoms with van der Waals surface area (Å²) in [7, 11) is -4.47. The van der Waals surface area contributed by atoms with Crippen molar-refractivity contribution in [1.82, 2.24) is 0 Å². The topological polar surface area (TPSA) is 60.7 Å². The van der Waals surface area contributed by atoms with Gasteiger partial charge in [0.05, 0.1) is 0 Å². The molecular formula is C21H18O3Si3. The third-order valence-electron chi connectivity index (χ3n) is 4.53. The zero-order chi connectivity index (χ0) is 18.8. The van der Waals surface area contributed by atoms with Crippen LogP contribution in [-0.2, 0) is 0 Å². The van der Waals surface area contributed by atoms with Gasteiger partial charge in [0.25, 0.3) is 25.9 Å². The molecule has 3 nitrogen and oxygen atoms in total. The maximum Gasteiger partial charge on any atom is 0.258 e. The largest absolute Gasteiger partial charge is 0.563 e. The van der Waals surface area contributed by atoms with Crippen LogP contribution in [0.15, 0.2) is 88.7 Å². The molecule has 4 rings (SSSR count). The Bertz CT molecular complexity index is 923. The molecule has 3 N–H and O–H groups in total. The lowest BCUT2D eigenvalue weighted by Crippen LogP contribution is -1.94. The van der Waals surface area contributed by atoms with Gasteiger partial charge in [-0.1, -0.05) is 36.4 Å². The van der Waals surface area contributed by atoms with Crippen molar-refractivity contribution in [2.24, 2.45) is 0 Å². The lowest BCUT2D eigenvalue weighted by atomic mass is 9.95. The zero-order valence-corrected chi connectivity index (χ0v) is 17.5. The van der Waals surface area contributed by atoms with E-state index in [0.717, 1.165) is 33.4 Å². The Morgan fingerprint density at radius 2 is 0.593 bits per heavy atom. The summed E-state index contributed by atoms with van der Waals surface area (Å²) in [6.07, 6.45) is 0. The maximum absolute atomic E-state index is 9.77. The van der Waals surface area contributed by atoms with Crippen LogP contribution < -0.4 is 0 Å². The Kier molecular flexibility index (Phi) is 4.93. The summed E-state index contributed by atoms with van der Waals surface area (Å²) in [6, 6.07) is 18.3. The molecule has 4 aromatic rings. The molecule has 0 aliphatic rings. The van der Waals surface area contributed by atoms with E-state index >= 15 is 0 Å². The number of hydrogen-bond acceptors (Lipinski definition) is 3. The summed E-state index contributed by atoms with van der Waals surface area (Å²) in [4.78, 5) is 29.3. The summed E-state index contributed by atoms with van der Waals surface area (Å²) in [5, 5.41) is 0. The van der Waals surface area contributed by atoms with E-state index in [9.17, 15) is 14.4 Å². The van der Waals surface area contributed by atoms with Crippen molar-refractivity contribution >= 4 is 25.9 Å². The number of benzene rings is 1. The molecule has 3 heterocycles. The molecule has 1 aromatic carbocycles. The van der Waals surface area contributed by atoms with Gasteiger partial charge in [-0.3, -0.25) is 0 Å². The van der Waals surface area contributed by atoms with Crippen LogP contribution >= 0.6 is 0 Å². The SMILES string of the molecule is O[si]1ccc(-c2cc(-c3cc[si](O)cc3)cc(-c3cc[si](O)cc3)c2)cc1. The van der Waals surface area contributed by atoms with E-state index in [2.05, 4.69) is 18.2 Å². The molecule has 0 atom stereocenters. The highest BCUT2D eigenvalue weighted by atomic mass is 28.3. The predicted molar refractivity (Wildman–Crippen MR) is 113 cm³/mol. The van der Waals surface area contributed by atoms with E-state index in [1.165, 1.54) is 0 Å². The molecule has 0 amide bonds. The molecule has 0 spiro atoms. The van der Waals surface area contributed by atoms with Crippen molar-refractivity contribution in [2.45, 2.75) is 0 Å². The van der Waals surface area contributed by atoms with Gasteiger partial charge in [-0.15, -0.1) is 0 Å². The van der Waals surface area contributed by atoms with Gasteiger partial charge >= 0.3 is 0 Å². The molecule has 0 saturated heterocycles. The van der Waals surface area contributed by atoms with Crippen LogP contribution in [0.25, 0.3) is 33.4 Å². The van der Waals surface area contributed by atoms with Crippen molar-refractivity contribution in [2.75, 3.05) is 0 Å². The molecule has 0 saturated carbocycles. The van der Waals surface area contributed by atoms with Gasteiger partial charge in [-0.05, 0) is 85.6 Å². The Labute approximate surface area is 162 Å². The van der Waals surface area contributed by atoms with Gasteiger partial charge in [0.1, 0.15) is 0 Å². The van der Waals surface area contributed by atoms with Crippen molar-refractivity contribution in [3.63, 3.8) is 0 Å². The van der Waals surface area contributed by atoms with Gasteiger partial charge in [0, 0.05) is 0 Å². The third kappa shape index (κ3) is 4.02. The molecule has 27 heavy (non-hydrogen) atoms. The lowest BCUT2D eigenvalue weighted by molar-refractivity contribution is 0.606. The first-order valence-electron chi connectivity index (χ1n) is 8.62. The summed E-state index contributed by atoms with van der Waals surface area (Å²) in [6.45, 7) is 0. The average molecular weight is 403 g/mol. The minimum absolute atomic E-state index is 1.06. The van der Waals surface area contributed by atoms with Gasteiger partial charge in [-0.2, -0.15) is 0 Å². The van der Waals surface area contributed by atoms with Gasteiger partial charge in [0.15, 0.2) is 0 Å². The normalized spacial score (nSPS) is 10.7. The Morgan fingerprint density at radius 1 is 0.370 bits per heavy atom. The molecule has 132 valence electrons. The first-order chi connectivity index (χ1) is 13.1. The van der Waals surface area contributed by atoms with Crippen LogP contribution in [0.1, 0.15) is 0 Å². The molecule has 0 radical (unpaired) electrons. The van der Waals surface area contributed by atoms with E-state index in [4.69, 9.17) is 0 Å². The third-order valence-corrected chi connectivity index (χ3v) is 7.58. The summed E-state index contributed by atoms with van der Waals surface area (Å²) in [5.74, 6) is 0. The van der Waals surface area contributed by atoms with Crippen LogP contribution in [0.4, 0.5) is 0 Å². The second-order valence-electron chi connectivity index (χ2n) is 6.44.